The van der Waals surface area contributed by atoms with Crippen LogP contribution in [-0.4, -0.2) is 64.9 Å². The Labute approximate surface area is 159 Å². The summed E-state index contributed by atoms with van der Waals surface area (Å²) in [5.41, 5.74) is 0.977. The van der Waals surface area contributed by atoms with Crippen LogP contribution in [0.2, 0.25) is 0 Å². The van der Waals surface area contributed by atoms with Crippen molar-refractivity contribution in [2.75, 3.05) is 20.0 Å². The van der Waals surface area contributed by atoms with Gasteiger partial charge in [-0.25, -0.2) is 0 Å². The van der Waals surface area contributed by atoms with Gasteiger partial charge in [0.25, 0.3) is 10.1 Å². The quantitative estimate of drug-likeness (QED) is 0.604. The van der Waals surface area contributed by atoms with Crippen molar-refractivity contribution in [3.05, 3.63) is 35.9 Å². The number of hydrogen-bond acceptors (Lipinski definition) is 8. The molecule has 2 saturated heterocycles. The topological polar surface area (TPSA) is 89.5 Å². The van der Waals surface area contributed by atoms with E-state index >= 15 is 0 Å². The summed E-state index contributed by atoms with van der Waals surface area (Å²) in [7, 11) is -2.25. The molecule has 1 aromatic carbocycles. The van der Waals surface area contributed by atoms with Crippen molar-refractivity contribution in [3.63, 3.8) is 0 Å². The lowest BCUT2D eigenvalue weighted by atomic mass is 10.1. The fraction of sp³-hybridized carbons (Fsp3) is 0.667. The van der Waals surface area contributed by atoms with Crippen molar-refractivity contribution in [3.8, 4) is 0 Å². The summed E-state index contributed by atoms with van der Waals surface area (Å²) in [6.45, 7) is 3.91. The molecule has 2 aliphatic rings. The van der Waals surface area contributed by atoms with Gasteiger partial charge in [0.2, 0.25) is 0 Å². The zero-order valence-electron chi connectivity index (χ0n) is 15.9. The van der Waals surface area contributed by atoms with Gasteiger partial charge in [-0.1, -0.05) is 30.3 Å². The van der Waals surface area contributed by atoms with E-state index in [1.807, 2.05) is 30.3 Å². The van der Waals surface area contributed by atoms with Crippen LogP contribution in [0.5, 0.6) is 0 Å². The van der Waals surface area contributed by atoms with E-state index in [0.29, 0.717) is 6.61 Å². The van der Waals surface area contributed by atoms with E-state index in [2.05, 4.69) is 0 Å². The molecule has 2 heterocycles. The van der Waals surface area contributed by atoms with Crippen molar-refractivity contribution >= 4 is 10.1 Å². The third-order valence-electron chi connectivity index (χ3n) is 4.31. The SMILES string of the molecule is COC[C@H](OS(C)(=O)=O)[C@H]1O[C@@H]2OC(C)(C)O[C@@H]2[C@H]1OCc1ccccc1. The van der Waals surface area contributed by atoms with Crippen molar-refractivity contribution in [2.24, 2.45) is 0 Å². The van der Waals surface area contributed by atoms with Crippen LogP contribution in [0, 0.1) is 0 Å². The molecule has 152 valence electrons. The number of ether oxygens (including phenoxy) is 5. The third-order valence-corrected chi connectivity index (χ3v) is 4.90. The highest BCUT2D eigenvalue weighted by Crippen LogP contribution is 2.40. The van der Waals surface area contributed by atoms with Crippen molar-refractivity contribution in [2.45, 2.75) is 56.9 Å². The molecule has 27 heavy (non-hydrogen) atoms. The lowest BCUT2D eigenvalue weighted by Gasteiger charge is -2.30. The molecule has 0 spiro atoms. The van der Waals surface area contributed by atoms with Gasteiger partial charge in [0.15, 0.2) is 12.1 Å². The van der Waals surface area contributed by atoms with Crippen LogP contribution in [0.25, 0.3) is 0 Å². The Kier molecular flexibility index (Phi) is 6.21. The molecule has 8 nitrogen and oxygen atoms in total. The fourth-order valence-electron chi connectivity index (χ4n) is 3.33. The van der Waals surface area contributed by atoms with E-state index in [-0.39, 0.29) is 6.61 Å². The average Bonchev–Trinajstić information content (AvgIpc) is 3.04. The fourth-order valence-corrected chi connectivity index (χ4v) is 3.94. The summed E-state index contributed by atoms with van der Waals surface area (Å²) in [4.78, 5) is 0. The minimum absolute atomic E-state index is 0.0196. The van der Waals surface area contributed by atoms with Gasteiger partial charge in [-0.15, -0.1) is 0 Å². The van der Waals surface area contributed by atoms with Gasteiger partial charge in [0.1, 0.15) is 24.4 Å². The summed E-state index contributed by atoms with van der Waals surface area (Å²) in [5.74, 6) is -0.816. The molecule has 5 atom stereocenters. The molecule has 2 aliphatic heterocycles. The first-order valence-electron chi connectivity index (χ1n) is 8.72. The van der Waals surface area contributed by atoms with Crippen LogP contribution < -0.4 is 0 Å². The van der Waals surface area contributed by atoms with Crippen LogP contribution in [0.1, 0.15) is 19.4 Å². The van der Waals surface area contributed by atoms with Gasteiger partial charge in [0.05, 0.1) is 19.5 Å². The Morgan fingerprint density at radius 3 is 2.52 bits per heavy atom. The molecule has 0 aliphatic carbocycles. The molecular formula is C18H26O8S. The summed E-state index contributed by atoms with van der Waals surface area (Å²) in [6.07, 6.45) is -2.38. The summed E-state index contributed by atoms with van der Waals surface area (Å²) in [6, 6.07) is 9.65. The molecule has 0 bridgehead atoms. The maximum Gasteiger partial charge on any atom is 0.264 e. The predicted molar refractivity (Wildman–Crippen MR) is 95.3 cm³/mol. The molecule has 0 aromatic heterocycles. The number of rotatable bonds is 8. The third kappa shape index (κ3) is 5.26. The monoisotopic (exact) mass is 402 g/mol. The highest BCUT2D eigenvalue weighted by molar-refractivity contribution is 7.86. The second-order valence-corrected chi connectivity index (χ2v) is 8.73. The van der Waals surface area contributed by atoms with Crippen LogP contribution >= 0.6 is 0 Å². The van der Waals surface area contributed by atoms with Gasteiger partial charge in [-0.05, 0) is 19.4 Å². The molecule has 0 N–H and O–H groups in total. The Balaban J connectivity index is 1.80. The summed E-state index contributed by atoms with van der Waals surface area (Å²) >= 11 is 0. The van der Waals surface area contributed by atoms with Crippen molar-refractivity contribution in [1.29, 1.82) is 0 Å². The predicted octanol–water partition coefficient (Wildman–Crippen LogP) is 1.44. The standard InChI is InChI=1S/C18H26O8S/c1-18(2)24-16-15(22-10-12-8-6-5-7-9-12)14(23-17(16)25-18)13(11-21-3)26-27(4,19)20/h5-9,13-17H,10-11H2,1-4H3/t13-,14+,15-,16+,17+/m0/s1. The molecule has 9 heteroatoms. The second kappa shape index (κ2) is 8.12. The first-order valence-corrected chi connectivity index (χ1v) is 10.5. The number of methoxy groups -OCH3 is 1. The zero-order valence-corrected chi connectivity index (χ0v) is 16.7. The van der Waals surface area contributed by atoms with Gasteiger partial charge in [0, 0.05) is 7.11 Å². The van der Waals surface area contributed by atoms with E-state index < -0.39 is 46.6 Å². The van der Waals surface area contributed by atoms with E-state index in [9.17, 15) is 8.42 Å². The largest absolute Gasteiger partial charge is 0.382 e. The van der Waals surface area contributed by atoms with E-state index in [1.165, 1.54) is 7.11 Å². The Hall–Kier alpha value is -1.07. The van der Waals surface area contributed by atoms with Crippen LogP contribution in [0.3, 0.4) is 0 Å². The Morgan fingerprint density at radius 2 is 1.89 bits per heavy atom. The molecule has 3 rings (SSSR count). The maximum absolute atomic E-state index is 11.7. The number of hydrogen-bond donors (Lipinski definition) is 0. The highest BCUT2D eigenvalue weighted by atomic mass is 32.2. The Bertz CT molecular complexity index is 720. The average molecular weight is 402 g/mol. The highest BCUT2D eigenvalue weighted by Gasteiger charge is 2.57. The van der Waals surface area contributed by atoms with Crippen molar-refractivity contribution < 1.29 is 36.3 Å². The van der Waals surface area contributed by atoms with Gasteiger partial charge in [-0.3, -0.25) is 4.18 Å². The minimum atomic E-state index is -3.72. The molecular weight excluding hydrogens is 376 g/mol. The summed E-state index contributed by atoms with van der Waals surface area (Å²) < 4.78 is 57.4. The zero-order chi connectivity index (χ0) is 19.7. The van der Waals surface area contributed by atoms with E-state index in [1.54, 1.807) is 13.8 Å². The first-order chi connectivity index (χ1) is 12.7. The molecule has 0 saturated carbocycles. The first kappa shape index (κ1) is 20.7. The van der Waals surface area contributed by atoms with Gasteiger partial charge >= 0.3 is 0 Å². The molecule has 1 aromatic rings. The maximum atomic E-state index is 11.7. The normalized spacial score (nSPS) is 31.0. The smallest absolute Gasteiger partial charge is 0.264 e. The molecule has 0 radical (unpaired) electrons. The van der Waals surface area contributed by atoms with Gasteiger partial charge in [-0.2, -0.15) is 8.42 Å². The lowest BCUT2D eigenvalue weighted by molar-refractivity contribution is -0.230. The van der Waals surface area contributed by atoms with E-state index in [0.717, 1.165) is 11.8 Å². The number of benzene rings is 1. The molecule has 2 fully saturated rings. The lowest BCUT2D eigenvalue weighted by Crippen LogP contribution is -2.46. The van der Waals surface area contributed by atoms with Crippen LogP contribution in [0.15, 0.2) is 30.3 Å². The van der Waals surface area contributed by atoms with E-state index in [4.69, 9.17) is 27.9 Å². The second-order valence-electron chi connectivity index (χ2n) is 7.12. The summed E-state index contributed by atoms with van der Waals surface area (Å²) in [5, 5.41) is 0. The molecule has 0 amide bonds. The van der Waals surface area contributed by atoms with Crippen LogP contribution in [-0.2, 0) is 44.6 Å². The van der Waals surface area contributed by atoms with Crippen LogP contribution in [0.4, 0.5) is 0 Å². The van der Waals surface area contributed by atoms with Crippen molar-refractivity contribution in [1.82, 2.24) is 0 Å². The number of fused-ring (bicyclic) bond motifs is 1. The Morgan fingerprint density at radius 1 is 1.19 bits per heavy atom. The molecule has 0 unspecified atom stereocenters. The minimum Gasteiger partial charge on any atom is -0.382 e. The van der Waals surface area contributed by atoms with Gasteiger partial charge < -0.3 is 23.7 Å².